The van der Waals surface area contributed by atoms with Crippen molar-refractivity contribution in [3.8, 4) is 0 Å². The minimum Gasteiger partial charge on any atom is -0.319 e. The van der Waals surface area contributed by atoms with Crippen molar-refractivity contribution in [2.75, 3.05) is 20.1 Å². The van der Waals surface area contributed by atoms with Crippen LogP contribution in [0.15, 0.2) is 0 Å². The van der Waals surface area contributed by atoms with Gasteiger partial charge in [-0.15, -0.1) is 0 Å². The number of hydrogen-bond acceptors (Lipinski definition) is 3. The first kappa shape index (κ1) is 13.3. The fourth-order valence-electron chi connectivity index (χ4n) is 3.04. The Morgan fingerprint density at radius 3 is 2.24 bits per heavy atom. The smallest absolute Gasteiger partial charge is 0.214 e. The van der Waals surface area contributed by atoms with Crippen LogP contribution in [-0.4, -0.2) is 33.8 Å². The van der Waals surface area contributed by atoms with Gasteiger partial charge in [0.05, 0.1) is 5.25 Å². The Hall–Kier alpha value is -0.130. The molecular formula is C12H24N2O2S. The highest BCUT2D eigenvalue weighted by Crippen LogP contribution is 2.40. The fourth-order valence-corrected chi connectivity index (χ4v) is 4.74. The second kappa shape index (κ2) is 5.24. The van der Waals surface area contributed by atoms with Gasteiger partial charge in [-0.2, -0.15) is 0 Å². The van der Waals surface area contributed by atoms with E-state index in [0.717, 1.165) is 45.1 Å². The molecule has 0 aromatic carbocycles. The van der Waals surface area contributed by atoms with Gasteiger partial charge in [0.1, 0.15) is 0 Å². The van der Waals surface area contributed by atoms with E-state index < -0.39 is 10.0 Å². The van der Waals surface area contributed by atoms with Crippen LogP contribution >= 0.6 is 0 Å². The van der Waals surface area contributed by atoms with Crippen molar-refractivity contribution in [1.29, 1.82) is 0 Å². The summed E-state index contributed by atoms with van der Waals surface area (Å²) >= 11 is 0. The van der Waals surface area contributed by atoms with Crippen molar-refractivity contribution in [3.63, 3.8) is 0 Å². The molecule has 2 saturated carbocycles. The van der Waals surface area contributed by atoms with E-state index in [1.807, 2.05) is 7.05 Å². The van der Waals surface area contributed by atoms with Gasteiger partial charge in [-0.25, -0.2) is 13.1 Å². The van der Waals surface area contributed by atoms with Gasteiger partial charge in [0.2, 0.25) is 10.0 Å². The molecule has 0 atom stereocenters. The number of rotatable bonds is 6. The predicted molar refractivity (Wildman–Crippen MR) is 69.4 cm³/mol. The van der Waals surface area contributed by atoms with E-state index in [-0.39, 0.29) is 10.7 Å². The lowest BCUT2D eigenvalue weighted by atomic mass is 9.69. The molecule has 2 aliphatic carbocycles. The van der Waals surface area contributed by atoms with Gasteiger partial charge in [0.15, 0.2) is 0 Å². The van der Waals surface area contributed by atoms with Crippen LogP contribution in [0.3, 0.4) is 0 Å². The van der Waals surface area contributed by atoms with Crippen LogP contribution in [0.5, 0.6) is 0 Å². The molecule has 2 N–H and O–H groups in total. The topological polar surface area (TPSA) is 58.2 Å². The first-order chi connectivity index (χ1) is 8.08. The normalized spacial score (nSPS) is 24.8. The van der Waals surface area contributed by atoms with Gasteiger partial charge in [0.25, 0.3) is 0 Å². The minimum atomic E-state index is -3.07. The molecule has 0 bridgehead atoms. The molecular weight excluding hydrogens is 236 g/mol. The highest BCUT2D eigenvalue weighted by atomic mass is 32.2. The molecule has 2 aliphatic rings. The highest BCUT2D eigenvalue weighted by molar-refractivity contribution is 7.90. The van der Waals surface area contributed by atoms with Crippen LogP contribution in [0.1, 0.15) is 44.9 Å². The highest BCUT2D eigenvalue weighted by Gasteiger charge is 2.38. The Labute approximate surface area is 105 Å². The minimum absolute atomic E-state index is 0.130. The molecule has 4 nitrogen and oxygen atoms in total. The van der Waals surface area contributed by atoms with Crippen molar-refractivity contribution < 1.29 is 8.42 Å². The molecule has 0 aromatic rings. The zero-order valence-electron chi connectivity index (χ0n) is 10.7. The predicted octanol–water partition coefficient (Wildman–Crippen LogP) is 1.24. The maximum Gasteiger partial charge on any atom is 0.214 e. The lowest BCUT2D eigenvalue weighted by Gasteiger charge is -2.42. The van der Waals surface area contributed by atoms with Crippen LogP contribution in [0.25, 0.3) is 0 Å². The number of hydrogen-bond donors (Lipinski definition) is 2. The molecule has 17 heavy (non-hydrogen) atoms. The van der Waals surface area contributed by atoms with E-state index in [1.54, 1.807) is 0 Å². The maximum atomic E-state index is 12.1. The van der Waals surface area contributed by atoms with Crippen LogP contribution in [0.4, 0.5) is 0 Å². The summed E-state index contributed by atoms with van der Waals surface area (Å²) in [4.78, 5) is 0. The third-order valence-corrected chi connectivity index (χ3v) is 6.25. The summed E-state index contributed by atoms with van der Waals surface area (Å²) in [6, 6.07) is 0. The Kier molecular flexibility index (Phi) is 4.10. The van der Waals surface area contributed by atoms with Crippen LogP contribution in [0.2, 0.25) is 0 Å². The molecule has 0 radical (unpaired) electrons. The molecule has 0 spiro atoms. The van der Waals surface area contributed by atoms with Crippen molar-refractivity contribution in [3.05, 3.63) is 0 Å². The molecule has 0 saturated heterocycles. The second-order valence-corrected chi connectivity index (χ2v) is 7.70. The van der Waals surface area contributed by atoms with Crippen molar-refractivity contribution >= 4 is 10.0 Å². The monoisotopic (exact) mass is 260 g/mol. The van der Waals surface area contributed by atoms with E-state index >= 15 is 0 Å². The Balaban J connectivity index is 1.88. The lowest BCUT2D eigenvalue weighted by Crippen LogP contribution is -2.49. The van der Waals surface area contributed by atoms with Crippen molar-refractivity contribution in [2.45, 2.75) is 50.2 Å². The Bertz CT molecular complexity index is 344. The molecule has 0 aliphatic heterocycles. The zero-order chi connectivity index (χ0) is 12.4. The number of nitrogens with one attached hydrogen (secondary N) is 2. The average Bonchev–Trinajstić information content (AvgIpc) is 2.75. The van der Waals surface area contributed by atoms with Gasteiger partial charge in [0, 0.05) is 13.1 Å². The lowest BCUT2D eigenvalue weighted by molar-refractivity contribution is 0.139. The summed E-state index contributed by atoms with van der Waals surface area (Å²) in [7, 11) is -1.13. The molecule has 2 rings (SSSR count). The standard InChI is InChI=1S/C12H24N2O2S/c1-13-9-12(7-4-8-12)10-14-17(15,16)11-5-2-3-6-11/h11,13-14H,2-10H2,1H3. The first-order valence-corrected chi connectivity index (χ1v) is 8.26. The molecule has 0 unspecified atom stereocenters. The van der Waals surface area contributed by atoms with E-state index in [4.69, 9.17) is 0 Å². The van der Waals surface area contributed by atoms with Gasteiger partial charge >= 0.3 is 0 Å². The molecule has 5 heteroatoms. The summed E-state index contributed by atoms with van der Waals surface area (Å²) in [6.45, 7) is 1.53. The summed E-state index contributed by atoms with van der Waals surface area (Å²) in [5.74, 6) is 0. The maximum absolute atomic E-state index is 12.1. The van der Waals surface area contributed by atoms with Crippen LogP contribution in [-0.2, 0) is 10.0 Å². The van der Waals surface area contributed by atoms with E-state index in [0.29, 0.717) is 6.54 Å². The molecule has 0 aromatic heterocycles. The Morgan fingerprint density at radius 1 is 1.12 bits per heavy atom. The second-order valence-electron chi connectivity index (χ2n) is 5.66. The average molecular weight is 260 g/mol. The van der Waals surface area contributed by atoms with Crippen LogP contribution in [0, 0.1) is 5.41 Å². The Morgan fingerprint density at radius 2 is 1.76 bits per heavy atom. The van der Waals surface area contributed by atoms with Gasteiger partial charge < -0.3 is 5.32 Å². The van der Waals surface area contributed by atoms with Gasteiger partial charge in [-0.1, -0.05) is 19.3 Å². The van der Waals surface area contributed by atoms with Gasteiger partial charge in [-0.05, 0) is 38.1 Å². The summed E-state index contributed by atoms with van der Waals surface area (Å²) in [5.41, 5.74) is 0.181. The van der Waals surface area contributed by atoms with Crippen LogP contribution < -0.4 is 10.0 Å². The third-order valence-electron chi connectivity index (χ3n) is 4.36. The van der Waals surface area contributed by atoms with Crippen molar-refractivity contribution in [1.82, 2.24) is 10.0 Å². The molecule has 0 heterocycles. The largest absolute Gasteiger partial charge is 0.319 e. The third kappa shape index (κ3) is 3.01. The quantitative estimate of drug-likeness (QED) is 0.755. The van der Waals surface area contributed by atoms with E-state index in [9.17, 15) is 8.42 Å². The first-order valence-electron chi connectivity index (χ1n) is 6.71. The molecule has 100 valence electrons. The molecule has 2 fully saturated rings. The van der Waals surface area contributed by atoms with Gasteiger partial charge in [-0.3, -0.25) is 0 Å². The summed E-state index contributed by atoms with van der Waals surface area (Å²) < 4.78 is 27.0. The van der Waals surface area contributed by atoms with E-state index in [2.05, 4.69) is 10.0 Å². The summed E-state index contributed by atoms with van der Waals surface area (Å²) in [5, 5.41) is 3.05. The zero-order valence-corrected chi connectivity index (χ0v) is 11.5. The SMILES string of the molecule is CNCC1(CNS(=O)(=O)C2CCCC2)CCC1. The van der Waals surface area contributed by atoms with Crippen molar-refractivity contribution in [2.24, 2.45) is 5.41 Å². The van der Waals surface area contributed by atoms with E-state index in [1.165, 1.54) is 6.42 Å². The summed E-state index contributed by atoms with van der Waals surface area (Å²) in [6.07, 6.45) is 7.32. The fraction of sp³-hybridized carbons (Fsp3) is 1.00. The number of sulfonamides is 1. The molecule has 0 amide bonds.